The first-order chi connectivity index (χ1) is 9.58. The van der Waals surface area contributed by atoms with Gasteiger partial charge in [-0.3, -0.25) is 9.59 Å². The van der Waals surface area contributed by atoms with Gasteiger partial charge in [0.1, 0.15) is 5.82 Å². The summed E-state index contributed by atoms with van der Waals surface area (Å²) in [5.41, 5.74) is 0.0198. The zero-order chi connectivity index (χ0) is 14.6. The van der Waals surface area contributed by atoms with Crippen LogP contribution in [0.15, 0.2) is 24.3 Å². The molecule has 1 fully saturated rings. The van der Waals surface area contributed by atoms with Crippen molar-refractivity contribution >= 4 is 11.8 Å². The summed E-state index contributed by atoms with van der Waals surface area (Å²) in [6.45, 7) is 2.31. The molecule has 0 spiro atoms. The Hall–Kier alpha value is -1.91. The van der Waals surface area contributed by atoms with E-state index in [2.05, 4.69) is 10.6 Å². The summed E-state index contributed by atoms with van der Waals surface area (Å²) < 4.78 is 13.3. The van der Waals surface area contributed by atoms with Crippen molar-refractivity contribution in [3.8, 4) is 0 Å². The van der Waals surface area contributed by atoms with Gasteiger partial charge in [-0.1, -0.05) is 18.6 Å². The van der Waals surface area contributed by atoms with Gasteiger partial charge in [-0.15, -0.1) is 0 Å². The van der Waals surface area contributed by atoms with Gasteiger partial charge in [-0.25, -0.2) is 4.39 Å². The quantitative estimate of drug-likeness (QED) is 0.857. The molecule has 1 saturated carbocycles. The molecule has 108 valence electrons. The Morgan fingerprint density at radius 2 is 2.05 bits per heavy atom. The number of likely N-dealkylation sites (N-methyl/N-ethyl adjacent to an activating group) is 1. The monoisotopic (exact) mass is 278 g/mol. The third-order valence-electron chi connectivity index (χ3n) is 3.80. The third kappa shape index (κ3) is 2.81. The van der Waals surface area contributed by atoms with Crippen LogP contribution in [0.5, 0.6) is 0 Å². The van der Waals surface area contributed by atoms with E-state index in [0.29, 0.717) is 24.9 Å². The van der Waals surface area contributed by atoms with Crippen LogP contribution in [0.2, 0.25) is 0 Å². The molecule has 20 heavy (non-hydrogen) atoms. The van der Waals surface area contributed by atoms with Crippen molar-refractivity contribution < 1.29 is 14.0 Å². The lowest BCUT2D eigenvalue weighted by Crippen LogP contribution is -2.51. The molecular weight excluding hydrogens is 259 g/mol. The molecule has 2 N–H and O–H groups in total. The van der Waals surface area contributed by atoms with Gasteiger partial charge in [0.05, 0.1) is 12.0 Å². The van der Waals surface area contributed by atoms with E-state index in [1.54, 1.807) is 12.1 Å². The Morgan fingerprint density at radius 3 is 2.60 bits per heavy atom. The zero-order valence-corrected chi connectivity index (χ0v) is 11.5. The van der Waals surface area contributed by atoms with Crippen LogP contribution >= 0.6 is 0 Å². The molecule has 0 radical (unpaired) electrons. The van der Waals surface area contributed by atoms with Crippen LogP contribution in [0.25, 0.3) is 0 Å². The Morgan fingerprint density at radius 1 is 1.30 bits per heavy atom. The highest BCUT2D eigenvalue weighted by Gasteiger charge is 2.45. The predicted molar refractivity (Wildman–Crippen MR) is 73.6 cm³/mol. The minimum atomic E-state index is -0.672. The van der Waals surface area contributed by atoms with Crippen molar-refractivity contribution in [3.63, 3.8) is 0 Å². The molecule has 0 aliphatic heterocycles. The second kappa shape index (κ2) is 6.03. The SMILES string of the molecule is CCNC(=O)CNC(=O)C1(c2cccc(F)c2)CCC1. The molecule has 0 heterocycles. The van der Waals surface area contributed by atoms with Crippen molar-refractivity contribution in [1.29, 1.82) is 0 Å². The van der Waals surface area contributed by atoms with E-state index < -0.39 is 5.41 Å². The number of halogens is 1. The zero-order valence-electron chi connectivity index (χ0n) is 11.5. The smallest absolute Gasteiger partial charge is 0.239 e. The molecular formula is C15H19FN2O2. The molecule has 1 aliphatic rings. The summed E-state index contributed by atoms with van der Waals surface area (Å²) in [6, 6.07) is 6.16. The molecule has 1 aromatic rings. The van der Waals surface area contributed by atoms with E-state index in [0.717, 1.165) is 6.42 Å². The highest BCUT2D eigenvalue weighted by atomic mass is 19.1. The number of carbonyl (C=O) groups is 2. The van der Waals surface area contributed by atoms with E-state index in [-0.39, 0.29) is 24.2 Å². The van der Waals surface area contributed by atoms with Gasteiger partial charge < -0.3 is 10.6 Å². The van der Waals surface area contributed by atoms with Crippen molar-refractivity contribution in [3.05, 3.63) is 35.6 Å². The predicted octanol–water partition coefficient (Wildman–Crippen LogP) is 1.50. The lowest BCUT2D eigenvalue weighted by molar-refractivity contribution is -0.132. The van der Waals surface area contributed by atoms with Crippen LogP contribution in [-0.4, -0.2) is 24.9 Å². The summed E-state index contributed by atoms with van der Waals surface area (Å²) in [6.07, 6.45) is 2.32. The van der Waals surface area contributed by atoms with Gasteiger partial charge in [0, 0.05) is 6.54 Å². The number of benzene rings is 1. The fourth-order valence-corrected chi connectivity index (χ4v) is 2.55. The first-order valence-electron chi connectivity index (χ1n) is 6.89. The normalized spacial score (nSPS) is 16.1. The fourth-order valence-electron chi connectivity index (χ4n) is 2.55. The van der Waals surface area contributed by atoms with E-state index >= 15 is 0 Å². The maximum absolute atomic E-state index is 13.3. The molecule has 0 atom stereocenters. The van der Waals surface area contributed by atoms with Crippen molar-refractivity contribution in [2.45, 2.75) is 31.6 Å². The number of hydrogen-bond acceptors (Lipinski definition) is 2. The summed E-state index contributed by atoms with van der Waals surface area (Å²) in [5, 5.41) is 5.28. The lowest BCUT2D eigenvalue weighted by Gasteiger charge is -2.40. The number of amides is 2. The first-order valence-corrected chi connectivity index (χ1v) is 6.89. The second-order valence-corrected chi connectivity index (χ2v) is 5.08. The van der Waals surface area contributed by atoms with Gasteiger partial charge in [0.25, 0.3) is 0 Å². The van der Waals surface area contributed by atoms with Gasteiger partial charge >= 0.3 is 0 Å². The maximum Gasteiger partial charge on any atom is 0.239 e. The van der Waals surface area contributed by atoms with E-state index in [9.17, 15) is 14.0 Å². The molecule has 5 heteroatoms. The van der Waals surface area contributed by atoms with Crippen LogP contribution in [0.4, 0.5) is 4.39 Å². The van der Waals surface area contributed by atoms with E-state index in [1.807, 2.05) is 6.92 Å². The van der Waals surface area contributed by atoms with E-state index in [4.69, 9.17) is 0 Å². The molecule has 0 bridgehead atoms. The summed E-state index contributed by atoms with van der Waals surface area (Å²) in [5.74, 6) is -0.750. The molecule has 1 aromatic carbocycles. The van der Waals surface area contributed by atoms with Crippen molar-refractivity contribution in [2.24, 2.45) is 0 Å². The Kier molecular flexibility index (Phi) is 4.37. The minimum absolute atomic E-state index is 0.0380. The van der Waals surface area contributed by atoms with Crippen LogP contribution in [0, 0.1) is 5.82 Å². The van der Waals surface area contributed by atoms with Crippen LogP contribution in [-0.2, 0) is 15.0 Å². The largest absolute Gasteiger partial charge is 0.355 e. The molecule has 0 unspecified atom stereocenters. The third-order valence-corrected chi connectivity index (χ3v) is 3.80. The minimum Gasteiger partial charge on any atom is -0.355 e. The Balaban J connectivity index is 2.07. The molecule has 2 rings (SSSR count). The van der Waals surface area contributed by atoms with E-state index in [1.165, 1.54) is 12.1 Å². The molecule has 1 aliphatic carbocycles. The highest BCUT2D eigenvalue weighted by Crippen LogP contribution is 2.44. The number of carbonyl (C=O) groups excluding carboxylic acids is 2. The van der Waals surface area contributed by atoms with Gasteiger partial charge in [-0.2, -0.15) is 0 Å². The average molecular weight is 278 g/mol. The standard InChI is InChI=1S/C15H19FN2O2/c1-2-17-13(19)10-18-14(20)15(7-4-8-15)11-5-3-6-12(16)9-11/h3,5-6,9H,2,4,7-8,10H2,1H3,(H,17,19)(H,18,20). The second-order valence-electron chi connectivity index (χ2n) is 5.08. The van der Waals surface area contributed by atoms with Gasteiger partial charge in [-0.05, 0) is 37.5 Å². The number of rotatable bonds is 5. The molecule has 0 saturated heterocycles. The van der Waals surface area contributed by atoms with Crippen molar-refractivity contribution in [2.75, 3.05) is 13.1 Å². The topological polar surface area (TPSA) is 58.2 Å². The number of nitrogens with one attached hydrogen (secondary N) is 2. The summed E-state index contributed by atoms with van der Waals surface area (Å²) in [7, 11) is 0. The summed E-state index contributed by atoms with van der Waals surface area (Å²) >= 11 is 0. The van der Waals surface area contributed by atoms with Gasteiger partial charge in [0.15, 0.2) is 0 Å². The van der Waals surface area contributed by atoms with Crippen LogP contribution in [0.3, 0.4) is 0 Å². The average Bonchev–Trinajstić information content (AvgIpc) is 2.35. The summed E-state index contributed by atoms with van der Waals surface area (Å²) in [4.78, 5) is 23.7. The molecule has 2 amide bonds. The highest BCUT2D eigenvalue weighted by molar-refractivity contribution is 5.92. The Labute approximate surface area is 117 Å². The Bertz CT molecular complexity index is 512. The maximum atomic E-state index is 13.3. The lowest BCUT2D eigenvalue weighted by atomic mass is 9.64. The number of hydrogen-bond donors (Lipinski definition) is 2. The fraction of sp³-hybridized carbons (Fsp3) is 0.467. The van der Waals surface area contributed by atoms with Gasteiger partial charge in [0.2, 0.25) is 11.8 Å². The molecule has 0 aromatic heterocycles. The van der Waals surface area contributed by atoms with Crippen LogP contribution < -0.4 is 10.6 Å². The van der Waals surface area contributed by atoms with Crippen molar-refractivity contribution in [1.82, 2.24) is 10.6 Å². The molecule has 4 nitrogen and oxygen atoms in total. The first kappa shape index (κ1) is 14.5. The van der Waals surface area contributed by atoms with Crippen LogP contribution in [0.1, 0.15) is 31.7 Å².